The van der Waals surface area contributed by atoms with Crippen molar-refractivity contribution >= 4 is 34.2 Å². The maximum atomic E-state index is 13.6. The lowest BCUT2D eigenvalue weighted by Gasteiger charge is -2.31. The van der Waals surface area contributed by atoms with Crippen LogP contribution in [0, 0.1) is 12.8 Å². The Bertz CT molecular complexity index is 1290. The van der Waals surface area contributed by atoms with Crippen LogP contribution >= 0.6 is 0 Å². The number of amides is 3. The summed E-state index contributed by atoms with van der Waals surface area (Å²) in [6.07, 6.45) is 1.31. The minimum absolute atomic E-state index is 0.0182. The number of carbonyl (C=O) groups is 3. The molecular formula is C31H37N3O3. The lowest BCUT2D eigenvalue weighted by Crippen LogP contribution is -2.49. The summed E-state index contributed by atoms with van der Waals surface area (Å²) in [6.45, 7) is 9.47. The third-order valence-electron chi connectivity index (χ3n) is 6.93. The molecule has 0 bridgehead atoms. The Balaban J connectivity index is 1.48. The van der Waals surface area contributed by atoms with Gasteiger partial charge in [0.05, 0.1) is 5.69 Å². The maximum Gasteiger partial charge on any atom is 0.258 e. The van der Waals surface area contributed by atoms with Crippen LogP contribution in [0.3, 0.4) is 0 Å². The normalized spacial score (nSPS) is 13.3. The van der Waals surface area contributed by atoms with Gasteiger partial charge >= 0.3 is 0 Å². The second-order valence-electron chi connectivity index (χ2n) is 10.3. The zero-order chi connectivity index (χ0) is 26.5. The van der Waals surface area contributed by atoms with Gasteiger partial charge in [-0.15, -0.1) is 0 Å². The smallest absolute Gasteiger partial charge is 0.258 e. The van der Waals surface area contributed by atoms with Crippen molar-refractivity contribution in [1.82, 2.24) is 10.2 Å². The SMILES string of the molecule is CC[C@H](C(=O)NCC(C)C)N(Cc1cccc(C)c1)C(=O)CCCN1C(=O)c2cccc3cccc1c23. The van der Waals surface area contributed by atoms with E-state index in [0.717, 1.165) is 27.6 Å². The predicted octanol–water partition coefficient (Wildman–Crippen LogP) is 5.47. The zero-order valence-corrected chi connectivity index (χ0v) is 22.3. The molecule has 4 rings (SSSR count). The van der Waals surface area contributed by atoms with Crippen LogP contribution in [0.4, 0.5) is 5.69 Å². The highest BCUT2D eigenvalue weighted by Crippen LogP contribution is 2.37. The van der Waals surface area contributed by atoms with Gasteiger partial charge in [0, 0.05) is 37.0 Å². The van der Waals surface area contributed by atoms with E-state index >= 15 is 0 Å². The van der Waals surface area contributed by atoms with Crippen molar-refractivity contribution in [2.75, 3.05) is 18.0 Å². The van der Waals surface area contributed by atoms with E-state index in [9.17, 15) is 14.4 Å². The summed E-state index contributed by atoms with van der Waals surface area (Å²) in [6, 6.07) is 19.2. The molecule has 0 saturated carbocycles. The van der Waals surface area contributed by atoms with E-state index in [0.29, 0.717) is 44.0 Å². The summed E-state index contributed by atoms with van der Waals surface area (Å²) in [5.41, 5.74) is 3.74. The van der Waals surface area contributed by atoms with E-state index < -0.39 is 6.04 Å². The average molecular weight is 500 g/mol. The minimum atomic E-state index is -0.543. The molecule has 3 amide bonds. The summed E-state index contributed by atoms with van der Waals surface area (Å²) in [7, 11) is 0. The van der Waals surface area contributed by atoms with Gasteiger partial charge in [0.25, 0.3) is 5.91 Å². The number of benzene rings is 3. The minimum Gasteiger partial charge on any atom is -0.354 e. The van der Waals surface area contributed by atoms with Gasteiger partial charge in [0.15, 0.2) is 0 Å². The van der Waals surface area contributed by atoms with Crippen LogP contribution in [0.5, 0.6) is 0 Å². The van der Waals surface area contributed by atoms with Gasteiger partial charge in [0.2, 0.25) is 11.8 Å². The molecule has 0 spiro atoms. The van der Waals surface area contributed by atoms with E-state index in [4.69, 9.17) is 0 Å². The van der Waals surface area contributed by atoms with E-state index in [1.807, 2.05) is 68.4 Å². The first-order chi connectivity index (χ1) is 17.8. The Hall–Kier alpha value is -3.67. The van der Waals surface area contributed by atoms with Crippen molar-refractivity contribution in [1.29, 1.82) is 0 Å². The number of rotatable bonds is 11. The van der Waals surface area contributed by atoms with Gasteiger partial charge < -0.3 is 15.1 Å². The number of aryl methyl sites for hydroxylation is 1. The molecule has 0 saturated heterocycles. The van der Waals surface area contributed by atoms with E-state index in [1.165, 1.54) is 0 Å². The molecule has 37 heavy (non-hydrogen) atoms. The van der Waals surface area contributed by atoms with Gasteiger partial charge in [-0.2, -0.15) is 0 Å². The molecule has 0 fully saturated rings. The quantitative estimate of drug-likeness (QED) is 0.380. The maximum absolute atomic E-state index is 13.6. The summed E-state index contributed by atoms with van der Waals surface area (Å²) in [5, 5.41) is 5.04. The number of anilines is 1. The molecular weight excluding hydrogens is 462 g/mol. The Morgan fingerprint density at radius 3 is 2.46 bits per heavy atom. The average Bonchev–Trinajstić information content (AvgIpc) is 3.15. The molecule has 1 aliphatic heterocycles. The first kappa shape index (κ1) is 26.4. The molecule has 0 aliphatic carbocycles. The van der Waals surface area contributed by atoms with Gasteiger partial charge in [-0.1, -0.05) is 74.9 Å². The number of nitrogens with one attached hydrogen (secondary N) is 1. The molecule has 194 valence electrons. The molecule has 1 heterocycles. The highest BCUT2D eigenvalue weighted by molar-refractivity contribution is 6.25. The number of nitrogens with zero attached hydrogens (tertiary/aromatic N) is 2. The first-order valence-electron chi connectivity index (χ1n) is 13.3. The van der Waals surface area contributed by atoms with Crippen molar-refractivity contribution in [3.8, 4) is 0 Å². The molecule has 1 N–H and O–H groups in total. The second-order valence-corrected chi connectivity index (χ2v) is 10.3. The number of hydrogen-bond donors (Lipinski definition) is 1. The van der Waals surface area contributed by atoms with Crippen molar-refractivity contribution in [3.05, 3.63) is 77.4 Å². The molecule has 0 aromatic heterocycles. The Morgan fingerprint density at radius 2 is 1.76 bits per heavy atom. The number of carbonyl (C=O) groups excluding carboxylic acids is 3. The molecule has 1 aliphatic rings. The fraction of sp³-hybridized carbons (Fsp3) is 0.387. The second kappa shape index (κ2) is 11.6. The Kier molecular flexibility index (Phi) is 8.27. The largest absolute Gasteiger partial charge is 0.354 e. The van der Waals surface area contributed by atoms with Crippen LogP contribution < -0.4 is 10.2 Å². The van der Waals surface area contributed by atoms with Gasteiger partial charge in [-0.25, -0.2) is 0 Å². The first-order valence-corrected chi connectivity index (χ1v) is 13.3. The summed E-state index contributed by atoms with van der Waals surface area (Å²) in [4.78, 5) is 43.3. The van der Waals surface area contributed by atoms with E-state index in [1.54, 1.807) is 9.80 Å². The van der Waals surface area contributed by atoms with Crippen molar-refractivity contribution in [3.63, 3.8) is 0 Å². The molecule has 3 aromatic carbocycles. The molecule has 3 aromatic rings. The standard InChI is InChI=1S/C31H37N3O3/c1-5-26(30(36)32-19-21(2)3)34(20-23-11-6-10-22(4)18-23)28(35)16-9-17-33-27-15-8-13-24-12-7-14-25(29(24)27)31(33)37/h6-8,10-15,18,21,26H,5,9,16-17,19-20H2,1-4H3,(H,32,36)/t26-/m1/s1. The Labute approximate surface area is 219 Å². The number of hydrogen-bond acceptors (Lipinski definition) is 3. The highest BCUT2D eigenvalue weighted by atomic mass is 16.2. The van der Waals surface area contributed by atoms with Crippen LogP contribution in [0.25, 0.3) is 10.8 Å². The highest BCUT2D eigenvalue weighted by Gasteiger charge is 2.31. The summed E-state index contributed by atoms with van der Waals surface area (Å²) < 4.78 is 0. The zero-order valence-electron chi connectivity index (χ0n) is 22.3. The van der Waals surface area contributed by atoms with Crippen LogP contribution in [-0.4, -0.2) is 41.8 Å². The third-order valence-corrected chi connectivity index (χ3v) is 6.93. The fourth-order valence-corrected chi connectivity index (χ4v) is 5.08. The Morgan fingerprint density at radius 1 is 1.03 bits per heavy atom. The molecule has 6 nitrogen and oxygen atoms in total. The lowest BCUT2D eigenvalue weighted by atomic mass is 10.1. The van der Waals surface area contributed by atoms with Crippen molar-refractivity contribution < 1.29 is 14.4 Å². The van der Waals surface area contributed by atoms with Gasteiger partial charge in [-0.3, -0.25) is 14.4 Å². The monoisotopic (exact) mass is 499 g/mol. The topological polar surface area (TPSA) is 69.7 Å². The predicted molar refractivity (Wildman–Crippen MR) is 149 cm³/mol. The van der Waals surface area contributed by atoms with Gasteiger partial charge in [0.1, 0.15) is 6.04 Å². The molecule has 0 unspecified atom stereocenters. The van der Waals surface area contributed by atoms with Crippen LogP contribution in [0.15, 0.2) is 60.7 Å². The summed E-state index contributed by atoms with van der Waals surface area (Å²) >= 11 is 0. The molecule has 1 atom stereocenters. The fourth-order valence-electron chi connectivity index (χ4n) is 5.08. The van der Waals surface area contributed by atoms with Crippen LogP contribution in [-0.2, 0) is 16.1 Å². The van der Waals surface area contributed by atoms with Crippen LogP contribution in [0.2, 0.25) is 0 Å². The molecule has 6 heteroatoms. The van der Waals surface area contributed by atoms with E-state index in [2.05, 4.69) is 25.2 Å². The van der Waals surface area contributed by atoms with Crippen molar-refractivity contribution in [2.24, 2.45) is 5.92 Å². The lowest BCUT2D eigenvalue weighted by molar-refractivity contribution is -0.141. The van der Waals surface area contributed by atoms with E-state index in [-0.39, 0.29) is 24.1 Å². The van der Waals surface area contributed by atoms with Crippen LogP contribution in [0.1, 0.15) is 61.5 Å². The third kappa shape index (κ3) is 5.85. The molecule has 0 radical (unpaired) electrons. The summed E-state index contributed by atoms with van der Waals surface area (Å²) in [5.74, 6) is 0.119. The van der Waals surface area contributed by atoms with Gasteiger partial charge in [-0.05, 0) is 48.8 Å². The van der Waals surface area contributed by atoms with Crippen molar-refractivity contribution in [2.45, 2.75) is 59.5 Å².